The number of fused-ring (bicyclic) bond motifs is 3. The maximum absolute atomic E-state index is 6.46. The Morgan fingerprint density at radius 1 is 0.833 bits per heavy atom. The van der Waals surface area contributed by atoms with Crippen LogP contribution >= 0.6 is 0 Å². The fourth-order valence-corrected chi connectivity index (χ4v) is 4.37. The molecule has 1 saturated heterocycles. The smallest absolute Gasteiger partial charge is 0.327 e. The van der Waals surface area contributed by atoms with Crippen molar-refractivity contribution < 1.29 is 4.65 Å². The predicted octanol–water partition coefficient (Wildman–Crippen LogP) is 5.03. The van der Waals surface area contributed by atoms with Gasteiger partial charge in [0.25, 0.3) is 0 Å². The first-order valence-electron chi connectivity index (χ1n) is 9.06. The molecule has 1 heterocycles. The summed E-state index contributed by atoms with van der Waals surface area (Å²) < 4.78 is 6.46. The third kappa shape index (κ3) is 2.05. The number of hydrogen-bond acceptors (Lipinski definition) is 1. The van der Waals surface area contributed by atoms with Crippen molar-refractivity contribution in [3.63, 3.8) is 0 Å². The minimum Gasteiger partial charge on any atom is -0.426 e. The molecular weight excluding hydrogens is 291 g/mol. The second kappa shape index (κ2) is 4.76. The minimum absolute atomic E-state index is 0.0611. The van der Waals surface area contributed by atoms with Crippen LogP contribution in [0.4, 0.5) is 0 Å². The Morgan fingerprint density at radius 2 is 1.50 bits per heavy atom. The van der Waals surface area contributed by atoms with Crippen molar-refractivity contribution in [3.05, 3.63) is 53.6 Å². The van der Waals surface area contributed by atoms with Gasteiger partial charge in [0, 0.05) is 5.41 Å². The van der Waals surface area contributed by atoms with Crippen molar-refractivity contribution in [2.24, 2.45) is 5.41 Å². The van der Waals surface area contributed by atoms with E-state index in [4.69, 9.17) is 4.65 Å². The van der Waals surface area contributed by atoms with Crippen molar-refractivity contribution >= 4 is 12.4 Å². The fraction of sp³-hybridized carbons (Fsp3) is 0.455. The van der Waals surface area contributed by atoms with Gasteiger partial charge < -0.3 is 4.65 Å². The van der Waals surface area contributed by atoms with E-state index in [0.717, 1.165) is 6.32 Å². The van der Waals surface area contributed by atoms with Gasteiger partial charge in [0.15, 0.2) is 0 Å². The summed E-state index contributed by atoms with van der Waals surface area (Å²) in [6.45, 7) is 14.0. The summed E-state index contributed by atoms with van der Waals surface area (Å²) in [4.78, 5) is 0. The number of hydrogen-bond donors (Lipinski definition) is 0. The molecule has 4 rings (SSSR count). The lowest BCUT2D eigenvalue weighted by molar-refractivity contribution is 0.0375. The highest BCUT2D eigenvalue weighted by Crippen LogP contribution is 2.49. The van der Waals surface area contributed by atoms with E-state index >= 15 is 0 Å². The van der Waals surface area contributed by atoms with Crippen molar-refractivity contribution in [2.75, 3.05) is 0 Å². The fourth-order valence-electron chi connectivity index (χ4n) is 4.37. The van der Waals surface area contributed by atoms with Gasteiger partial charge in [-0.1, -0.05) is 70.2 Å². The zero-order chi connectivity index (χ0) is 17.3. The Bertz CT molecular complexity index is 800. The summed E-state index contributed by atoms with van der Waals surface area (Å²) in [5.74, 6) is 0. The van der Waals surface area contributed by atoms with Gasteiger partial charge in [0.05, 0.1) is 5.60 Å². The molecule has 1 aliphatic carbocycles. The highest BCUT2D eigenvalue weighted by Gasteiger charge is 2.50. The molecule has 2 aromatic rings. The van der Waals surface area contributed by atoms with Crippen LogP contribution < -0.4 is 5.46 Å². The normalized spacial score (nSPS) is 22.3. The van der Waals surface area contributed by atoms with Gasteiger partial charge in [-0.3, -0.25) is 0 Å². The quantitative estimate of drug-likeness (QED) is 0.670. The van der Waals surface area contributed by atoms with Gasteiger partial charge in [-0.15, -0.1) is 0 Å². The Morgan fingerprint density at radius 3 is 2.17 bits per heavy atom. The van der Waals surface area contributed by atoms with E-state index in [9.17, 15) is 0 Å². The Balaban J connectivity index is 1.78. The molecule has 0 spiro atoms. The van der Waals surface area contributed by atoms with Crippen molar-refractivity contribution in [1.29, 1.82) is 0 Å². The molecule has 0 bridgehead atoms. The van der Waals surface area contributed by atoms with E-state index in [-0.39, 0.29) is 23.3 Å². The van der Waals surface area contributed by atoms with Gasteiger partial charge in [0.1, 0.15) is 0 Å². The SMILES string of the molecule is CC1(C)c2ccccc2-c2ccc(B3CC(C)(C)C(C)(C)O3)cc21. The zero-order valence-corrected chi connectivity index (χ0v) is 15.7. The summed E-state index contributed by atoms with van der Waals surface area (Å²) in [7, 11) is 0. The van der Waals surface area contributed by atoms with Crippen LogP contribution in [0.3, 0.4) is 0 Å². The van der Waals surface area contributed by atoms with Crippen molar-refractivity contribution in [1.82, 2.24) is 0 Å². The maximum Gasteiger partial charge on any atom is 0.327 e. The second-order valence-electron chi connectivity index (χ2n) is 9.18. The molecule has 2 aromatic carbocycles. The topological polar surface area (TPSA) is 9.23 Å². The highest BCUT2D eigenvalue weighted by atomic mass is 16.5. The first-order chi connectivity index (χ1) is 11.1. The van der Waals surface area contributed by atoms with Crippen LogP contribution in [0.25, 0.3) is 11.1 Å². The third-order valence-corrected chi connectivity index (χ3v) is 6.74. The summed E-state index contributed by atoms with van der Waals surface area (Å²) >= 11 is 0. The minimum atomic E-state index is -0.0881. The summed E-state index contributed by atoms with van der Waals surface area (Å²) in [6, 6.07) is 15.8. The van der Waals surface area contributed by atoms with Crippen LogP contribution in [0.2, 0.25) is 6.32 Å². The lowest BCUT2D eigenvalue weighted by Gasteiger charge is -2.34. The van der Waals surface area contributed by atoms with Crippen LogP contribution in [0.1, 0.15) is 52.7 Å². The van der Waals surface area contributed by atoms with E-state index in [1.807, 2.05) is 0 Å². The molecule has 0 N–H and O–H groups in total. The molecule has 24 heavy (non-hydrogen) atoms. The molecule has 0 atom stereocenters. The summed E-state index contributed by atoms with van der Waals surface area (Å²) in [5.41, 5.74) is 7.13. The second-order valence-corrected chi connectivity index (χ2v) is 9.18. The molecule has 1 aliphatic heterocycles. The lowest BCUT2D eigenvalue weighted by Crippen LogP contribution is -2.36. The number of benzene rings is 2. The molecule has 124 valence electrons. The van der Waals surface area contributed by atoms with E-state index in [1.54, 1.807) is 0 Å². The van der Waals surface area contributed by atoms with E-state index in [2.05, 4.69) is 84.0 Å². The average molecular weight is 318 g/mol. The third-order valence-electron chi connectivity index (χ3n) is 6.74. The standard InChI is InChI=1S/C22H27BO/c1-20(2)14-23(24-22(20,5)6)15-11-12-17-16-9-7-8-10-18(16)21(3,4)19(17)13-15/h7-13H,14H2,1-6H3. The first kappa shape index (κ1) is 16.0. The van der Waals surface area contributed by atoms with Crippen LogP contribution in [-0.4, -0.2) is 12.5 Å². The molecule has 0 saturated carbocycles. The molecule has 0 aromatic heterocycles. The molecule has 2 heteroatoms. The van der Waals surface area contributed by atoms with Gasteiger partial charge in [0.2, 0.25) is 0 Å². The molecule has 0 unspecified atom stereocenters. The first-order valence-corrected chi connectivity index (χ1v) is 9.06. The lowest BCUT2D eigenvalue weighted by atomic mass is 9.54. The molecular formula is C22H27BO. The van der Waals surface area contributed by atoms with Crippen molar-refractivity contribution in [3.8, 4) is 11.1 Å². The molecule has 1 fully saturated rings. The van der Waals surface area contributed by atoms with E-state index in [1.165, 1.54) is 27.7 Å². The van der Waals surface area contributed by atoms with Gasteiger partial charge in [-0.25, -0.2) is 0 Å². The van der Waals surface area contributed by atoms with Gasteiger partial charge >= 0.3 is 6.92 Å². The van der Waals surface area contributed by atoms with Crippen LogP contribution in [0, 0.1) is 5.41 Å². The highest BCUT2D eigenvalue weighted by molar-refractivity contribution is 6.68. The van der Waals surface area contributed by atoms with E-state index in [0.29, 0.717) is 0 Å². The number of rotatable bonds is 1. The maximum atomic E-state index is 6.46. The summed E-state index contributed by atoms with van der Waals surface area (Å²) in [5, 5.41) is 0. The zero-order valence-electron chi connectivity index (χ0n) is 15.7. The Hall–Kier alpha value is -1.54. The van der Waals surface area contributed by atoms with Gasteiger partial charge in [-0.05, 0) is 53.3 Å². The molecule has 0 radical (unpaired) electrons. The van der Waals surface area contributed by atoms with E-state index < -0.39 is 0 Å². The predicted molar refractivity (Wildman–Crippen MR) is 103 cm³/mol. The van der Waals surface area contributed by atoms with Crippen LogP contribution in [-0.2, 0) is 10.1 Å². The largest absolute Gasteiger partial charge is 0.426 e. The van der Waals surface area contributed by atoms with Crippen LogP contribution in [0.15, 0.2) is 42.5 Å². The molecule has 0 amide bonds. The Kier molecular flexibility index (Phi) is 3.16. The Labute approximate surface area is 146 Å². The van der Waals surface area contributed by atoms with Crippen LogP contribution in [0.5, 0.6) is 0 Å². The molecule has 2 aliphatic rings. The molecule has 1 nitrogen and oxygen atoms in total. The van der Waals surface area contributed by atoms with Gasteiger partial charge in [-0.2, -0.15) is 0 Å². The van der Waals surface area contributed by atoms with Crippen molar-refractivity contribution in [2.45, 2.75) is 58.9 Å². The summed E-state index contributed by atoms with van der Waals surface area (Å²) in [6.07, 6.45) is 1.08. The average Bonchev–Trinajstić information content (AvgIpc) is 2.88. The monoisotopic (exact) mass is 318 g/mol.